The van der Waals surface area contributed by atoms with Crippen molar-refractivity contribution in [3.05, 3.63) is 0 Å². The van der Waals surface area contributed by atoms with Crippen LogP contribution in [0.25, 0.3) is 0 Å². The van der Waals surface area contributed by atoms with Crippen molar-refractivity contribution >= 4 is 9.84 Å². The summed E-state index contributed by atoms with van der Waals surface area (Å²) in [6, 6.07) is 2.36. The molecule has 0 aromatic carbocycles. The molecule has 13 heavy (non-hydrogen) atoms. The smallest absolute Gasteiger partial charge is 0.153 e. The lowest BCUT2D eigenvalue weighted by Gasteiger charge is -2.27. The molecule has 4 nitrogen and oxygen atoms in total. The number of rotatable bonds is 3. The summed E-state index contributed by atoms with van der Waals surface area (Å²) in [4.78, 5) is 0. The summed E-state index contributed by atoms with van der Waals surface area (Å²) in [5.41, 5.74) is -0.167. The molecule has 5 heteroatoms. The van der Waals surface area contributed by atoms with E-state index in [2.05, 4.69) is 11.4 Å². The molecule has 1 aliphatic heterocycles. The summed E-state index contributed by atoms with van der Waals surface area (Å²) >= 11 is 0. The van der Waals surface area contributed by atoms with Gasteiger partial charge in [-0.2, -0.15) is 5.26 Å². The summed E-state index contributed by atoms with van der Waals surface area (Å²) in [7, 11) is -2.73. The third-order valence-electron chi connectivity index (χ3n) is 2.73. The summed E-state index contributed by atoms with van der Waals surface area (Å²) in [5.74, 6) is 0.489. The molecule has 0 bridgehead atoms. The maximum Gasteiger partial charge on any atom is 0.153 e. The van der Waals surface area contributed by atoms with Crippen molar-refractivity contribution in [3.8, 4) is 6.07 Å². The van der Waals surface area contributed by atoms with Crippen LogP contribution in [0.2, 0.25) is 0 Å². The van der Waals surface area contributed by atoms with E-state index in [0.717, 1.165) is 12.8 Å². The lowest BCUT2D eigenvalue weighted by atomic mass is 10.1. The van der Waals surface area contributed by atoms with E-state index >= 15 is 0 Å². The minimum Gasteiger partial charge on any atom is -0.310 e. The van der Waals surface area contributed by atoms with Crippen molar-refractivity contribution in [2.75, 3.05) is 18.1 Å². The Bertz CT molecular complexity index is 339. The van der Waals surface area contributed by atoms with Crippen LogP contribution in [0.1, 0.15) is 12.8 Å². The minimum absolute atomic E-state index is 0.0934. The lowest BCUT2D eigenvalue weighted by Crippen LogP contribution is -2.52. The molecular formula is C8H12N2O2S. The van der Waals surface area contributed by atoms with Crippen molar-refractivity contribution in [1.82, 2.24) is 5.32 Å². The van der Waals surface area contributed by atoms with E-state index in [-0.39, 0.29) is 23.0 Å². The molecule has 72 valence electrons. The van der Waals surface area contributed by atoms with Crippen molar-refractivity contribution in [2.24, 2.45) is 5.41 Å². The molecule has 0 radical (unpaired) electrons. The van der Waals surface area contributed by atoms with E-state index in [9.17, 15) is 8.42 Å². The molecule has 1 saturated carbocycles. The average Bonchev–Trinajstić information content (AvgIpc) is 2.77. The Morgan fingerprint density at radius 1 is 1.46 bits per heavy atom. The monoisotopic (exact) mass is 200 g/mol. The standard InChI is InChI=1S/C8H12N2O2S/c9-5-8(1-2-8)6-10-7-3-13(11,12)4-7/h7,10H,1-4,6H2. The van der Waals surface area contributed by atoms with Gasteiger partial charge in [0.25, 0.3) is 0 Å². The van der Waals surface area contributed by atoms with Gasteiger partial charge in [0, 0.05) is 12.6 Å². The summed E-state index contributed by atoms with van der Waals surface area (Å²) in [6.45, 7) is 0.656. The molecule has 0 aromatic heterocycles. The van der Waals surface area contributed by atoms with E-state index in [1.54, 1.807) is 0 Å². The van der Waals surface area contributed by atoms with Gasteiger partial charge in [-0.15, -0.1) is 0 Å². The average molecular weight is 200 g/mol. The van der Waals surface area contributed by atoms with E-state index in [4.69, 9.17) is 5.26 Å². The van der Waals surface area contributed by atoms with Gasteiger partial charge >= 0.3 is 0 Å². The highest BCUT2D eigenvalue weighted by molar-refractivity contribution is 7.92. The second kappa shape index (κ2) is 2.69. The van der Waals surface area contributed by atoms with Gasteiger partial charge in [-0.25, -0.2) is 8.42 Å². The van der Waals surface area contributed by atoms with E-state index in [0.29, 0.717) is 6.54 Å². The molecule has 0 amide bonds. The SMILES string of the molecule is N#CC1(CNC2CS(=O)(=O)C2)CC1. The third-order valence-corrected chi connectivity index (χ3v) is 4.55. The Balaban J connectivity index is 1.74. The first-order chi connectivity index (χ1) is 6.05. The molecule has 1 saturated heterocycles. The Kier molecular flexibility index (Phi) is 1.86. The normalized spacial score (nSPS) is 28.8. The number of hydrogen-bond acceptors (Lipinski definition) is 4. The molecule has 0 spiro atoms. The number of nitrogens with one attached hydrogen (secondary N) is 1. The fraction of sp³-hybridized carbons (Fsp3) is 0.875. The first-order valence-electron chi connectivity index (χ1n) is 4.40. The van der Waals surface area contributed by atoms with Crippen molar-refractivity contribution in [2.45, 2.75) is 18.9 Å². The van der Waals surface area contributed by atoms with Crippen LogP contribution in [-0.2, 0) is 9.84 Å². The van der Waals surface area contributed by atoms with Crippen LogP contribution in [0, 0.1) is 16.7 Å². The molecule has 0 aromatic rings. The van der Waals surface area contributed by atoms with Crippen LogP contribution in [0.4, 0.5) is 0 Å². The predicted molar refractivity (Wildman–Crippen MR) is 47.7 cm³/mol. The molecule has 2 aliphatic rings. The van der Waals surface area contributed by atoms with E-state index < -0.39 is 9.84 Å². The molecule has 1 heterocycles. The highest BCUT2D eigenvalue weighted by Gasteiger charge is 2.44. The van der Waals surface area contributed by atoms with Crippen molar-refractivity contribution in [1.29, 1.82) is 5.26 Å². The Hall–Kier alpha value is -0.600. The van der Waals surface area contributed by atoms with Gasteiger partial charge in [-0.05, 0) is 12.8 Å². The first-order valence-corrected chi connectivity index (χ1v) is 6.23. The fourth-order valence-corrected chi connectivity index (χ4v) is 2.86. The Labute approximate surface area is 77.9 Å². The number of nitriles is 1. The highest BCUT2D eigenvalue weighted by atomic mass is 32.2. The zero-order chi connectivity index (χ0) is 9.53. The largest absolute Gasteiger partial charge is 0.310 e. The maximum absolute atomic E-state index is 10.8. The van der Waals surface area contributed by atoms with Gasteiger partial charge in [-0.3, -0.25) is 0 Å². The van der Waals surface area contributed by atoms with Crippen LogP contribution in [-0.4, -0.2) is 32.5 Å². The number of sulfone groups is 1. The molecular weight excluding hydrogens is 188 g/mol. The van der Waals surface area contributed by atoms with Crippen molar-refractivity contribution < 1.29 is 8.42 Å². The third kappa shape index (κ3) is 1.84. The van der Waals surface area contributed by atoms with Crippen LogP contribution in [0.5, 0.6) is 0 Å². The molecule has 0 atom stereocenters. The predicted octanol–water partition coefficient (Wildman–Crippen LogP) is -0.323. The number of hydrogen-bond donors (Lipinski definition) is 1. The van der Waals surface area contributed by atoms with E-state index in [1.165, 1.54) is 0 Å². The first kappa shape index (κ1) is 8.97. The topological polar surface area (TPSA) is 70.0 Å². The molecule has 1 N–H and O–H groups in total. The Morgan fingerprint density at radius 2 is 2.08 bits per heavy atom. The zero-order valence-electron chi connectivity index (χ0n) is 7.28. The highest BCUT2D eigenvalue weighted by Crippen LogP contribution is 2.44. The fourth-order valence-electron chi connectivity index (χ4n) is 1.50. The molecule has 0 unspecified atom stereocenters. The maximum atomic E-state index is 10.8. The van der Waals surface area contributed by atoms with Crippen LogP contribution in [0.15, 0.2) is 0 Å². The second-order valence-corrected chi connectivity index (χ2v) is 6.20. The molecule has 2 fully saturated rings. The summed E-state index contributed by atoms with van der Waals surface area (Å²) in [6.07, 6.45) is 1.91. The minimum atomic E-state index is -2.73. The van der Waals surface area contributed by atoms with E-state index in [1.807, 2.05) is 0 Å². The summed E-state index contributed by atoms with van der Waals surface area (Å²) < 4.78 is 21.6. The van der Waals surface area contributed by atoms with Gasteiger partial charge in [0.05, 0.1) is 23.0 Å². The number of nitrogens with zero attached hydrogens (tertiary/aromatic N) is 1. The summed E-state index contributed by atoms with van der Waals surface area (Å²) in [5, 5.41) is 11.9. The van der Waals surface area contributed by atoms with Crippen LogP contribution in [0.3, 0.4) is 0 Å². The van der Waals surface area contributed by atoms with Gasteiger partial charge in [0.15, 0.2) is 9.84 Å². The van der Waals surface area contributed by atoms with Crippen LogP contribution >= 0.6 is 0 Å². The molecule has 2 rings (SSSR count). The quantitative estimate of drug-likeness (QED) is 0.677. The van der Waals surface area contributed by atoms with Gasteiger partial charge in [0.1, 0.15) is 0 Å². The van der Waals surface area contributed by atoms with Gasteiger partial charge in [-0.1, -0.05) is 0 Å². The van der Waals surface area contributed by atoms with Gasteiger partial charge < -0.3 is 5.32 Å². The Morgan fingerprint density at radius 3 is 2.46 bits per heavy atom. The van der Waals surface area contributed by atoms with Crippen LogP contribution < -0.4 is 5.32 Å². The van der Waals surface area contributed by atoms with Crippen molar-refractivity contribution in [3.63, 3.8) is 0 Å². The zero-order valence-corrected chi connectivity index (χ0v) is 8.10. The second-order valence-electron chi connectivity index (χ2n) is 4.05. The van der Waals surface area contributed by atoms with Gasteiger partial charge in [0.2, 0.25) is 0 Å². The lowest BCUT2D eigenvalue weighted by molar-refractivity contribution is 0.474. The molecule has 1 aliphatic carbocycles.